The molecule has 1 amide bonds. The molecule has 0 radical (unpaired) electrons. The number of aliphatic hydroxyl groups is 1. The second-order valence-electron chi connectivity index (χ2n) is 7.81. The number of ether oxygens (including phenoxy) is 2. The fourth-order valence-corrected chi connectivity index (χ4v) is 4.19. The lowest BCUT2D eigenvalue weighted by Crippen LogP contribution is -2.39. The fourth-order valence-electron chi connectivity index (χ4n) is 4.19. The van der Waals surface area contributed by atoms with Crippen molar-refractivity contribution in [2.45, 2.75) is 12.5 Å². The zero-order valence-electron chi connectivity index (χ0n) is 18.1. The number of likely N-dealkylation sites (tertiary alicyclic amines) is 1. The van der Waals surface area contributed by atoms with Crippen molar-refractivity contribution in [1.29, 1.82) is 0 Å². The van der Waals surface area contributed by atoms with Crippen LogP contribution in [0.15, 0.2) is 54.4 Å². The van der Waals surface area contributed by atoms with Crippen molar-refractivity contribution in [3.05, 3.63) is 65.5 Å². The molecule has 8 heteroatoms. The number of rotatable bonds is 7. The minimum absolute atomic E-state index is 0.0829. The molecule has 32 heavy (non-hydrogen) atoms. The first-order valence-electron chi connectivity index (χ1n) is 10.7. The number of Topliss-reactive ketones (excluding diaryl/α,β-unsaturated/α-hetero) is 1. The number of nitrogens with zero attached hydrogens (tertiary/aromatic N) is 3. The number of carbonyl (C=O) groups is 2. The topological polar surface area (TPSA) is 92.2 Å². The number of methoxy groups -OCH3 is 1. The predicted molar refractivity (Wildman–Crippen MR) is 118 cm³/mol. The molecule has 2 aliphatic rings. The van der Waals surface area contributed by atoms with Crippen LogP contribution in [0.5, 0.6) is 5.75 Å². The van der Waals surface area contributed by atoms with Crippen LogP contribution in [0.2, 0.25) is 0 Å². The standard InChI is InChI=1S/C24H27N3O5/c1-31-19-7-5-17(6-8-19)22(28)20-21(18-4-2-9-25-16-18)27(24(30)23(20)29)11-3-10-26-12-14-32-15-13-26/h2,4-9,16,21,28H,3,10-15H2,1H3/b22-20+. The van der Waals surface area contributed by atoms with Crippen molar-refractivity contribution >= 4 is 17.4 Å². The zero-order chi connectivity index (χ0) is 22.5. The van der Waals surface area contributed by atoms with Gasteiger partial charge in [0.05, 0.1) is 31.9 Å². The normalized spacial score (nSPS) is 21.2. The molecular formula is C24H27N3O5. The maximum Gasteiger partial charge on any atom is 0.295 e. The van der Waals surface area contributed by atoms with Crippen LogP contribution in [-0.2, 0) is 14.3 Å². The summed E-state index contributed by atoms with van der Waals surface area (Å²) in [5.74, 6) is -0.848. The Morgan fingerprint density at radius 2 is 1.91 bits per heavy atom. The largest absolute Gasteiger partial charge is 0.507 e. The molecule has 0 saturated carbocycles. The Labute approximate surface area is 187 Å². The minimum atomic E-state index is -0.685. The van der Waals surface area contributed by atoms with E-state index in [0.717, 1.165) is 19.6 Å². The summed E-state index contributed by atoms with van der Waals surface area (Å²) in [5, 5.41) is 11.0. The number of aliphatic hydroxyl groups excluding tert-OH is 1. The Morgan fingerprint density at radius 1 is 1.16 bits per heavy atom. The van der Waals surface area contributed by atoms with Crippen molar-refractivity contribution in [3.8, 4) is 5.75 Å². The number of amides is 1. The second-order valence-corrected chi connectivity index (χ2v) is 7.81. The summed E-state index contributed by atoms with van der Waals surface area (Å²) in [6.07, 6.45) is 3.98. The average Bonchev–Trinajstić information content (AvgIpc) is 3.10. The molecule has 1 N–H and O–H groups in total. The molecule has 2 saturated heterocycles. The van der Waals surface area contributed by atoms with Gasteiger partial charge in [0.2, 0.25) is 0 Å². The third-order valence-electron chi connectivity index (χ3n) is 5.88. The summed E-state index contributed by atoms with van der Waals surface area (Å²) in [7, 11) is 1.56. The molecule has 1 aromatic carbocycles. The maximum absolute atomic E-state index is 13.0. The molecule has 0 bridgehead atoms. The van der Waals surface area contributed by atoms with E-state index in [0.29, 0.717) is 43.1 Å². The van der Waals surface area contributed by atoms with Gasteiger partial charge in [-0.15, -0.1) is 0 Å². The molecular weight excluding hydrogens is 410 g/mol. The number of carbonyl (C=O) groups excluding carboxylic acids is 2. The van der Waals surface area contributed by atoms with Gasteiger partial charge in [0.25, 0.3) is 11.7 Å². The zero-order valence-corrected chi connectivity index (χ0v) is 18.1. The third-order valence-corrected chi connectivity index (χ3v) is 5.88. The molecule has 1 atom stereocenters. The van der Waals surface area contributed by atoms with Crippen molar-refractivity contribution in [1.82, 2.24) is 14.8 Å². The fraction of sp³-hybridized carbons (Fsp3) is 0.375. The van der Waals surface area contributed by atoms with Gasteiger partial charge in [-0.1, -0.05) is 6.07 Å². The molecule has 2 fully saturated rings. The third kappa shape index (κ3) is 4.51. The molecule has 168 valence electrons. The summed E-state index contributed by atoms with van der Waals surface area (Å²) in [6, 6.07) is 9.63. The average molecular weight is 437 g/mol. The van der Waals surface area contributed by atoms with Gasteiger partial charge in [-0.25, -0.2) is 0 Å². The van der Waals surface area contributed by atoms with Gasteiger partial charge in [0.15, 0.2) is 0 Å². The molecule has 0 spiro atoms. The summed E-state index contributed by atoms with van der Waals surface area (Å²) in [6.45, 7) is 4.36. The van der Waals surface area contributed by atoms with Gasteiger partial charge in [-0.2, -0.15) is 0 Å². The van der Waals surface area contributed by atoms with E-state index in [2.05, 4.69) is 9.88 Å². The van der Waals surface area contributed by atoms with Crippen LogP contribution in [0.3, 0.4) is 0 Å². The number of hydrogen-bond donors (Lipinski definition) is 1. The van der Waals surface area contributed by atoms with Gasteiger partial charge in [0.1, 0.15) is 11.5 Å². The summed E-state index contributed by atoms with van der Waals surface area (Å²) >= 11 is 0. The number of ketones is 1. The highest BCUT2D eigenvalue weighted by Crippen LogP contribution is 2.39. The summed E-state index contributed by atoms with van der Waals surface area (Å²) in [5.41, 5.74) is 1.22. The highest BCUT2D eigenvalue weighted by atomic mass is 16.5. The van der Waals surface area contributed by atoms with E-state index in [1.54, 1.807) is 54.7 Å². The Bertz CT molecular complexity index is 984. The molecule has 1 unspecified atom stereocenters. The van der Waals surface area contributed by atoms with Gasteiger partial charge in [0, 0.05) is 44.1 Å². The van der Waals surface area contributed by atoms with E-state index in [4.69, 9.17) is 9.47 Å². The second kappa shape index (κ2) is 9.93. The number of pyridine rings is 1. The first-order valence-corrected chi connectivity index (χ1v) is 10.7. The highest BCUT2D eigenvalue weighted by Gasteiger charge is 2.45. The Balaban J connectivity index is 1.64. The quantitative estimate of drug-likeness (QED) is 0.403. The first-order chi connectivity index (χ1) is 15.6. The van der Waals surface area contributed by atoms with Gasteiger partial charge in [-0.3, -0.25) is 19.5 Å². The van der Waals surface area contributed by atoms with Gasteiger partial charge >= 0.3 is 0 Å². The van der Waals surface area contributed by atoms with Gasteiger partial charge < -0.3 is 19.5 Å². The molecule has 3 heterocycles. The SMILES string of the molecule is COc1ccc(/C(O)=C2\C(=O)C(=O)N(CCCN3CCOCC3)C2c2cccnc2)cc1. The Morgan fingerprint density at radius 3 is 2.56 bits per heavy atom. The molecule has 2 aliphatic heterocycles. The smallest absolute Gasteiger partial charge is 0.295 e. The molecule has 8 nitrogen and oxygen atoms in total. The Hall–Kier alpha value is -3.23. The number of aromatic nitrogens is 1. The van der Waals surface area contributed by atoms with Crippen molar-refractivity contribution in [3.63, 3.8) is 0 Å². The van der Waals surface area contributed by atoms with Crippen LogP contribution in [0.1, 0.15) is 23.6 Å². The number of hydrogen-bond acceptors (Lipinski definition) is 7. The van der Waals surface area contributed by atoms with E-state index in [-0.39, 0.29) is 11.3 Å². The first kappa shape index (κ1) is 22.0. The number of benzene rings is 1. The number of morpholine rings is 1. The van der Waals surface area contributed by atoms with E-state index in [1.807, 2.05) is 6.07 Å². The van der Waals surface area contributed by atoms with Crippen molar-refractivity contribution in [2.75, 3.05) is 46.5 Å². The van der Waals surface area contributed by atoms with Crippen LogP contribution in [0, 0.1) is 0 Å². The summed E-state index contributed by atoms with van der Waals surface area (Å²) < 4.78 is 10.6. The lowest BCUT2D eigenvalue weighted by atomic mass is 9.96. The van der Waals surface area contributed by atoms with Crippen molar-refractivity contribution in [2.24, 2.45) is 0 Å². The van der Waals surface area contributed by atoms with Crippen LogP contribution >= 0.6 is 0 Å². The molecule has 2 aromatic rings. The van der Waals surface area contributed by atoms with E-state index in [9.17, 15) is 14.7 Å². The lowest BCUT2D eigenvalue weighted by Gasteiger charge is -2.29. The monoisotopic (exact) mass is 437 g/mol. The molecule has 4 rings (SSSR count). The van der Waals surface area contributed by atoms with Crippen LogP contribution in [0.4, 0.5) is 0 Å². The van der Waals surface area contributed by atoms with Crippen LogP contribution in [0.25, 0.3) is 5.76 Å². The van der Waals surface area contributed by atoms with E-state index >= 15 is 0 Å². The van der Waals surface area contributed by atoms with Crippen molar-refractivity contribution < 1.29 is 24.2 Å². The predicted octanol–water partition coefficient (Wildman–Crippen LogP) is 2.23. The Kier molecular flexibility index (Phi) is 6.82. The maximum atomic E-state index is 13.0. The molecule has 0 aliphatic carbocycles. The molecule has 1 aromatic heterocycles. The minimum Gasteiger partial charge on any atom is -0.507 e. The van der Waals surface area contributed by atoms with E-state index in [1.165, 1.54) is 0 Å². The van der Waals surface area contributed by atoms with E-state index < -0.39 is 17.7 Å². The lowest BCUT2D eigenvalue weighted by molar-refractivity contribution is -0.140. The highest BCUT2D eigenvalue weighted by molar-refractivity contribution is 6.46. The van der Waals surface area contributed by atoms with Crippen LogP contribution in [-0.4, -0.2) is 78.1 Å². The summed E-state index contributed by atoms with van der Waals surface area (Å²) in [4.78, 5) is 34.0. The van der Waals surface area contributed by atoms with Gasteiger partial charge in [-0.05, 0) is 42.3 Å². The van der Waals surface area contributed by atoms with Crippen LogP contribution < -0.4 is 4.74 Å².